The molecule has 15 heavy (non-hydrogen) atoms. The minimum Gasteiger partial charge on any atom is -0.325 e. The first-order chi connectivity index (χ1) is 7.25. The molecule has 3 heteroatoms. The van der Waals surface area contributed by atoms with Gasteiger partial charge in [-0.05, 0) is 37.7 Å². The minimum atomic E-state index is 0.115. The molecule has 2 aliphatic carbocycles. The summed E-state index contributed by atoms with van der Waals surface area (Å²) < 4.78 is 2.16. The van der Waals surface area contributed by atoms with Crippen LogP contribution in [0.1, 0.15) is 50.1 Å². The summed E-state index contributed by atoms with van der Waals surface area (Å²) in [6.45, 7) is 0. The van der Waals surface area contributed by atoms with Gasteiger partial charge in [-0.2, -0.15) is 5.10 Å². The summed E-state index contributed by atoms with van der Waals surface area (Å²) in [5.74, 6) is 0. The Morgan fingerprint density at radius 3 is 2.80 bits per heavy atom. The van der Waals surface area contributed by atoms with Crippen molar-refractivity contribution in [2.75, 3.05) is 0 Å². The highest BCUT2D eigenvalue weighted by atomic mass is 15.3. The van der Waals surface area contributed by atoms with Crippen LogP contribution in [-0.2, 0) is 6.42 Å². The van der Waals surface area contributed by atoms with Crippen LogP contribution >= 0.6 is 0 Å². The van der Waals surface area contributed by atoms with Gasteiger partial charge >= 0.3 is 0 Å². The van der Waals surface area contributed by atoms with Crippen molar-refractivity contribution in [3.05, 3.63) is 18.0 Å². The van der Waals surface area contributed by atoms with E-state index in [0.717, 1.165) is 6.42 Å². The van der Waals surface area contributed by atoms with Gasteiger partial charge in [-0.25, -0.2) is 0 Å². The Kier molecular flexibility index (Phi) is 2.09. The smallest absolute Gasteiger partial charge is 0.0522 e. The van der Waals surface area contributed by atoms with Gasteiger partial charge in [0.1, 0.15) is 0 Å². The maximum atomic E-state index is 6.10. The summed E-state index contributed by atoms with van der Waals surface area (Å²) in [6.07, 6.45) is 12.9. The molecule has 0 atom stereocenters. The Labute approximate surface area is 90.7 Å². The highest BCUT2D eigenvalue weighted by Crippen LogP contribution is 2.36. The predicted molar refractivity (Wildman–Crippen MR) is 59.6 cm³/mol. The minimum absolute atomic E-state index is 0.115. The third kappa shape index (κ3) is 1.93. The van der Waals surface area contributed by atoms with Gasteiger partial charge in [-0.3, -0.25) is 4.68 Å². The van der Waals surface area contributed by atoms with Crippen molar-refractivity contribution in [1.29, 1.82) is 0 Å². The van der Waals surface area contributed by atoms with Crippen LogP contribution < -0.4 is 5.73 Å². The van der Waals surface area contributed by atoms with Crippen molar-refractivity contribution in [2.24, 2.45) is 5.73 Å². The van der Waals surface area contributed by atoms with Crippen LogP contribution in [0, 0.1) is 0 Å². The molecule has 0 aliphatic heterocycles. The molecule has 0 unspecified atom stereocenters. The standard InChI is InChI=1S/C12H19N3/c13-12(5-6-12)7-10-8-14-15(9-10)11-3-1-2-4-11/h8-9,11H,1-7,13H2. The lowest BCUT2D eigenvalue weighted by molar-refractivity contribution is 0.466. The van der Waals surface area contributed by atoms with Crippen LogP contribution in [0.5, 0.6) is 0 Å². The number of hydrogen-bond acceptors (Lipinski definition) is 2. The summed E-state index contributed by atoms with van der Waals surface area (Å²) in [7, 11) is 0. The fourth-order valence-corrected chi connectivity index (χ4v) is 2.58. The van der Waals surface area contributed by atoms with Crippen LogP contribution in [0.2, 0.25) is 0 Å². The molecule has 0 spiro atoms. The maximum Gasteiger partial charge on any atom is 0.0522 e. The van der Waals surface area contributed by atoms with Crippen molar-refractivity contribution in [2.45, 2.75) is 56.5 Å². The van der Waals surface area contributed by atoms with E-state index in [1.165, 1.54) is 44.1 Å². The third-order valence-electron chi connectivity index (χ3n) is 3.80. The molecule has 2 N–H and O–H groups in total. The molecule has 0 saturated heterocycles. The Morgan fingerprint density at radius 2 is 2.13 bits per heavy atom. The van der Waals surface area contributed by atoms with E-state index in [0.29, 0.717) is 6.04 Å². The lowest BCUT2D eigenvalue weighted by atomic mass is 10.1. The lowest BCUT2D eigenvalue weighted by Crippen LogP contribution is -2.24. The molecule has 1 aromatic heterocycles. The molecule has 0 amide bonds. The Balaban J connectivity index is 1.69. The number of hydrogen-bond donors (Lipinski definition) is 1. The van der Waals surface area contributed by atoms with Crippen molar-refractivity contribution in [3.63, 3.8) is 0 Å². The molecule has 0 aromatic carbocycles. The normalized spacial score (nSPS) is 24.6. The summed E-state index contributed by atoms with van der Waals surface area (Å²) in [5, 5.41) is 4.47. The van der Waals surface area contributed by atoms with E-state index in [1.807, 2.05) is 6.20 Å². The molecule has 3 rings (SSSR count). The van der Waals surface area contributed by atoms with E-state index in [2.05, 4.69) is 16.0 Å². The van der Waals surface area contributed by atoms with Crippen molar-refractivity contribution in [3.8, 4) is 0 Å². The molecular weight excluding hydrogens is 186 g/mol. The van der Waals surface area contributed by atoms with Crippen molar-refractivity contribution in [1.82, 2.24) is 9.78 Å². The first-order valence-corrected chi connectivity index (χ1v) is 6.07. The fraction of sp³-hybridized carbons (Fsp3) is 0.750. The fourth-order valence-electron chi connectivity index (χ4n) is 2.58. The van der Waals surface area contributed by atoms with E-state index in [-0.39, 0.29) is 5.54 Å². The van der Waals surface area contributed by atoms with Crippen molar-refractivity contribution >= 4 is 0 Å². The van der Waals surface area contributed by atoms with Crippen LogP contribution in [0.15, 0.2) is 12.4 Å². The first kappa shape index (κ1) is 9.40. The quantitative estimate of drug-likeness (QED) is 0.820. The van der Waals surface area contributed by atoms with Crippen LogP contribution in [-0.4, -0.2) is 15.3 Å². The van der Waals surface area contributed by atoms with Crippen LogP contribution in [0.25, 0.3) is 0 Å². The zero-order chi connectivity index (χ0) is 10.3. The highest BCUT2D eigenvalue weighted by molar-refractivity contribution is 5.15. The summed E-state index contributed by atoms with van der Waals surface area (Å²) in [4.78, 5) is 0. The van der Waals surface area contributed by atoms with Crippen LogP contribution in [0.3, 0.4) is 0 Å². The second-order valence-electron chi connectivity index (χ2n) is 5.31. The molecule has 82 valence electrons. The summed E-state index contributed by atoms with van der Waals surface area (Å²) in [6, 6.07) is 0.659. The summed E-state index contributed by atoms with van der Waals surface area (Å²) in [5.41, 5.74) is 7.54. The van der Waals surface area contributed by atoms with E-state index >= 15 is 0 Å². The molecule has 3 nitrogen and oxygen atoms in total. The zero-order valence-corrected chi connectivity index (χ0v) is 9.15. The van der Waals surface area contributed by atoms with Crippen LogP contribution in [0.4, 0.5) is 0 Å². The second kappa shape index (κ2) is 3.34. The Morgan fingerprint density at radius 1 is 1.40 bits per heavy atom. The number of nitrogens with two attached hydrogens (primary N) is 1. The van der Waals surface area contributed by atoms with Gasteiger partial charge < -0.3 is 5.73 Å². The number of aromatic nitrogens is 2. The van der Waals surface area contributed by atoms with Gasteiger partial charge in [0.2, 0.25) is 0 Å². The van der Waals surface area contributed by atoms with Gasteiger partial charge in [-0.15, -0.1) is 0 Å². The van der Waals surface area contributed by atoms with E-state index < -0.39 is 0 Å². The molecule has 0 radical (unpaired) electrons. The Hall–Kier alpha value is -0.830. The topological polar surface area (TPSA) is 43.8 Å². The average Bonchev–Trinajstić information content (AvgIpc) is 2.73. The first-order valence-electron chi connectivity index (χ1n) is 6.07. The zero-order valence-electron chi connectivity index (χ0n) is 9.15. The second-order valence-corrected chi connectivity index (χ2v) is 5.31. The number of nitrogens with zero attached hydrogens (tertiary/aromatic N) is 2. The third-order valence-corrected chi connectivity index (χ3v) is 3.80. The van der Waals surface area contributed by atoms with Gasteiger partial charge in [0.15, 0.2) is 0 Å². The highest BCUT2D eigenvalue weighted by Gasteiger charge is 2.38. The molecule has 0 bridgehead atoms. The SMILES string of the molecule is NC1(Cc2cnn(C3CCCC3)c2)CC1. The molecule has 1 heterocycles. The molecule has 2 aliphatic rings. The van der Waals surface area contributed by atoms with Gasteiger partial charge in [0, 0.05) is 11.7 Å². The van der Waals surface area contributed by atoms with Gasteiger partial charge in [0.05, 0.1) is 12.2 Å². The molecule has 2 saturated carbocycles. The van der Waals surface area contributed by atoms with E-state index in [1.54, 1.807) is 0 Å². The maximum absolute atomic E-state index is 6.10. The van der Waals surface area contributed by atoms with Crippen molar-refractivity contribution < 1.29 is 0 Å². The van der Waals surface area contributed by atoms with E-state index in [9.17, 15) is 0 Å². The molecule has 1 aromatic rings. The number of rotatable bonds is 3. The molecule has 2 fully saturated rings. The van der Waals surface area contributed by atoms with E-state index in [4.69, 9.17) is 5.73 Å². The predicted octanol–water partition coefficient (Wildman–Crippen LogP) is 2.03. The van der Waals surface area contributed by atoms with Gasteiger partial charge in [0.25, 0.3) is 0 Å². The average molecular weight is 205 g/mol. The monoisotopic (exact) mass is 205 g/mol. The lowest BCUT2D eigenvalue weighted by Gasteiger charge is -2.09. The summed E-state index contributed by atoms with van der Waals surface area (Å²) >= 11 is 0. The molecular formula is C12H19N3. The van der Waals surface area contributed by atoms with Gasteiger partial charge in [-0.1, -0.05) is 12.8 Å². The largest absolute Gasteiger partial charge is 0.325 e. The Bertz CT molecular complexity index is 346.